The van der Waals surface area contributed by atoms with Crippen LogP contribution < -0.4 is 5.73 Å². The Morgan fingerprint density at radius 1 is 1.38 bits per heavy atom. The summed E-state index contributed by atoms with van der Waals surface area (Å²) in [6.45, 7) is 1.95. The lowest BCUT2D eigenvalue weighted by Gasteiger charge is -2.25. The highest BCUT2D eigenvalue weighted by molar-refractivity contribution is 6.05. The van der Waals surface area contributed by atoms with Gasteiger partial charge in [0, 0.05) is 11.6 Å². The minimum atomic E-state index is -2.42. The number of carbonyl (C=O) groups is 2. The molecule has 3 N–H and O–H groups in total. The summed E-state index contributed by atoms with van der Waals surface area (Å²) in [6, 6.07) is 2.91. The van der Waals surface area contributed by atoms with Crippen molar-refractivity contribution in [2.45, 2.75) is 25.3 Å². The summed E-state index contributed by atoms with van der Waals surface area (Å²) < 4.78 is 23.3. The molecule has 1 rings (SSSR count). The van der Waals surface area contributed by atoms with Gasteiger partial charge in [0.1, 0.15) is 11.6 Å². The Morgan fingerprint density at radius 2 is 2.05 bits per heavy atom. The van der Waals surface area contributed by atoms with Crippen LogP contribution in [0.1, 0.15) is 25.3 Å². The number of rotatable bonds is 6. The van der Waals surface area contributed by atoms with E-state index < -0.39 is 28.9 Å². The predicted molar refractivity (Wildman–Crippen MR) is 71.8 cm³/mol. The average molecular weight is 299 g/mol. The summed E-state index contributed by atoms with van der Waals surface area (Å²) in [5, 5.41) is 9.20. The number of hydrogen-bond acceptors (Lipinski definition) is 6. The first-order valence-electron chi connectivity index (χ1n) is 6.41. The molecule has 0 heterocycles. The van der Waals surface area contributed by atoms with Crippen LogP contribution in [0.25, 0.3) is 0 Å². The maximum Gasteiger partial charge on any atom is 0.342 e. The van der Waals surface area contributed by atoms with Crippen LogP contribution in [0.5, 0.6) is 5.75 Å². The van der Waals surface area contributed by atoms with Crippen LogP contribution in [-0.2, 0) is 24.6 Å². The Bertz CT molecular complexity index is 534. The zero-order chi connectivity index (χ0) is 16.0. The molecule has 0 aliphatic carbocycles. The molecule has 6 nitrogen and oxygen atoms in total. The van der Waals surface area contributed by atoms with Gasteiger partial charge in [-0.15, -0.1) is 0 Å². The number of halogens is 1. The van der Waals surface area contributed by atoms with Gasteiger partial charge in [-0.1, -0.05) is 13.3 Å². The molecule has 1 atom stereocenters. The zero-order valence-electron chi connectivity index (χ0n) is 11.9. The number of esters is 2. The Labute approximate surface area is 121 Å². The Balaban J connectivity index is 3.20. The van der Waals surface area contributed by atoms with E-state index in [4.69, 9.17) is 10.5 Å². The van der Waals surface area contributed by atoms with Crippen molar-refractivity contribution in [1.82, 2.24) is 0 Å². The molecule has 1 aromatic rings. The van der Waals surface area contributed by atoms with E-state index in [0.29, 0.717) is 6.42 Å². The van der Waals surface area contributed by atoms with Gasteiger partial charge in [-0.05, 0) is 18.6 Å². The topological polar surface area (TPSA) is 98.9 Å². The van der Waals surface area contributed by atoms with Gasteiger partial charge in [-0.2, -0.15) is 0 Å². The number of aromatic hydroxyl groups is 1. The third-order valence-electron chi connectivity index (χ3n) is 2.94. The van der Waals surface area contributed by atoms with Crippen molar-refractivity contribution in [3.8, 4) is 5.75 Å². The van der Waals surface area contributed by atoms with Gasteiger partial charge >= 0.3 is 11.9 Å². The maximum absolute atomic E-state index is 13.9. The number of phenolic OH excluding ortho intramolecular Hbond substituents is 1. The van der Waals surface area contributed by atoms with Crippen molar-refractivity contribution in [2.24, 2.45) is 5.73 Å². The molecule has 0 fully saturated rings. The minimum absolute atomic E-state index is 0.0605. The third kappa shape index (κ3) is 3.49. The molecule has 21 heavy (non-hydrogen) atoms. The normalized spacial score (nSPS) is 13.3. The third-order valence-corrected chi connectivity index (χ3v) is 2.94. The van der Waals surface area contributed by atoms with E-state index in [0.717, 1.165) is 31.7 Å². The summed E-state index contributed by atoms with van der Waals surface area (Å²) >= 11 is 0. The van der Waals surface area contributed by atoms with Crippen molar-refractivity contribution in [2.75, 3.05) is 13.7 Å². The van der Waals surface area contributed by atoms with Crippen molar-refractivity contribution >= 4 is 11.9 Å². The van der Waals surface area contributed by atoms with Crippen molar-refractivity contribution in [3.05, 3.63) is 29.6 Å². The molecule has 1 unspecified atom stereocenters. The molecule has 7 heteroatoms. The smallest absolute Gasteiger partial charge is 0.342 e. The molecular formula is C14H18FNO5. The Hall–Kier alpha value is -2.15. The fourth-order valence-electron chi connectivity index (χ4n) is 1.71. The molecule has 0 amide bonds. The molecule has 0 aromatic heterocycles. The van der Waals surface area contributed by atoms with E-state index >= 15 is 0 Å². The molecule has 0 saturated heterocycles. The molecule has 0 spiro atoms. The van der Waals surface area contributed by atoms with Crippen LogP contribution in [0.3, 0.4) is 0 Å². The second-order valence-corrected chi connectivity index (χ2v) is 4.45. The second-order valence-electron chi connectivity index (χ2n) is 4.45. The summed E-state index contributed by atoms with van der Waals surface area (Å²) in [5.74, 6) is -3.61. The summed E-state index contributed by atoms with van der Waals surface area (Å²) in [7, 11) is 1.03. The van der Waals surface area contributed by atoms with E-state index in [1.54, 1.807) is 0 Å². The number of carbonyl (C=O) groups excluding carboxylic acids is 2. The minimum Gasteiger partial charge on any atom is -0.508 e. The van der Waals surface area contributed by atoms with Crippen LogP contribution in [0.4, 0.5) is 4.39 Å². The maximum atomic E-state index is 13.9. The van der Waals surface area contributed by atoms with Gasteiger partial charge in [0.25, 0.3) is 0 Å². The summed E-state index contributed by atoms with van der Waals surface area (Å²) in [4.78, 5) is 24.0. The van der Waals surface area contributed by atoms with Gasteiger partial charge in [-0.3, -0.25) is 0 Å². The second kappa shape index (κ2) is 7.03. The quantitative estimate of drug-likeness (QED) is 0.465. The largest absolute Gasteiger partial charge is 0.508 e. The van der Waals surface area contributed by atoms with Gasteiger partial charge in [0.2, 0.25) is 5.54 Å². The first kappa shape index (κ1) is 16.9. The van der Waals surface area contributed by atoms with E-state index in [1.807, 2.05) is 6.92 Å². The van der Waals surface area contributed by atoms with Gasteiger partial charge < -0.3 is 20.3 Å². The fraction of sp³-hybridized carbons (Fsp3) is 0.429. The monoisotopic (exact) mass is 299 g/mol. The highest BCUT2D eigenvalue weighted by Gasteiger charge is 2.48. The lowest BCUT2D eigenvalue weighted by atomic mass is 9.90. The van der Waals surface area contributed by atoms with Crippen LogP contribution >= 0.6 is 0 Å². The number of nitrogens with two attached hydrogens (primary N) is 1. The van der Waals surface area contributed by atoms with Gasteiger partial charge in [0.05, 0.1) is 13.7 Å². The molecule has 1 aromatic carbocycles. The Morgan fingerprint density at radius 3 is 2.57 bits per heavy atom. The number of hydrogen-bond donors (Lipinski definition) is 2. The molecule has 0 radical (unpaired) electrons. The summed E-state index contributed by atoms with van der Waals surface area (Å²) in [6.07, 6.45) is 1.36. The van der Waals surface area contributed by atoms with E-state index in [-0.39, 0.29) is 12.4 Å². The first-order chi connectivity index (χ1) is 9.87. The Kier molecular flexibility index (Phi) is 5.66. The number of benzene rings is 1. The lowest BCUT2D eigenvalue weighted by Crippen LogP contribution is -2.54. The SMILES string of the molecule is CCCCOC(=O)C(N)(C(=O)OC)c1ccc(O)cc1F. The molecule has 0 aliphatic rings. The van der Waals surface area contributed by atoms with E-state index in [1.165, 1.54) is 0 Å². The molecule has 116 valence electrons. The fourth-order valence-corrected chi connectivity index (χ4v) is 1.71. The van der Waals surface area contributed by atoms with Gasteiger partial charge in [0.15, 0.2) is 0 Å². The van der Waals surface area contributed by atoms with Crippen molar-refractivity contribution < 1.29 is 28.6 Å². The van der Waals surface area contributed by atoms with Crippen molar-refractivity contribution in [1.29, 1.82) is 0 Å². The van der Waals surface area contributed by atoms with Crippen LogP contribution in [-0.4, -0.2) is 30.8 Å². The number of phenols is 1. The standard InChI is InChI=1S/C14H18FNO5/c1-3-4-7-21-13(19)14(16,12(18)20-2)10-6-5-9(17)8-11(10)15/h5-6,8,17H,3-4,7,16H2,1-2H3. The van der Waals surface area contributed by atoms with Crippen LogP contribution in [0.15, 0.2) is 18.2 Å². The number of ether oxygens (including phenoxy) is 2. The van der Waals surface area contributed by atoms with Crippen LogP contribution in [0.2, 0.25) is 0 Å². The van der Waals surface area contributed by atoms with Crippen LogP contribution in [0, 0.1) is 5.82 Å². The van der Waals surface area contributed by atoms with E-state index in [2.05, 4.69) is 4.74 Å². The lowest BCUT2D eigenvalue weighted by molar-refractivity contribution is -0.163. The molecule has 0 saturated carbocycles. The summed E-state index contributed by atoms with van der Waals surface area (Å²) in [5.41, 5.74) is 2.94. The van der Waals surface area contributed by atoms with Gasteiger partial charge in [-0.25, -0.2) is 14.0 Å². The predicted octanol–water partition coefficient (Wildman–Crippen LogP) is 1.20. The molecule has 0 bridgehead atoms. The average Bonchev–Trinajstić information content (AvgIpc) is 2.45. The van der Waals surface area contributed by atoms with E-state index in [9.17, 15) is 19.1 Å². The molecule has 0 aliphatic heterocycles. The number of unbranched alkanes of at least 4 members (excludes halogenated alkanes) is 1. The first-order valence-corrected chi connectivity index (χ1v) is 6.41. The molecular weight excluding hydrogens is 281 g/mol. The highest BCUT2D eigenvalue weighted by atomic mass is 19.1. The van der Waals surface area contributed by atoms with Crippen molar-refractivity contribution in [3.63, 3.8) is 0 Å². The number of methoxy groups -OCH3 is 1. The zero-order valence-corrected chi connectivity index (χ0v) is 11.9. The highest BCUT2D eigenvalue weighted by Crippen LogP contribution is 2.27.